The van der Waals surface area contributed by atoms with Crippen LogP contribution >= 0.6 is 0 Å². The maximum atomic E-state index is 9.31. The fraction of sp³-hybridized carbons (Fsp3) is 0.733. The molecule has 0 spiro atoms. The summed E-state index contributed by atoms with van der Waals surface area (Å²) in [6, 6.07) is 0. The molecule has 4 atom stereocenters. The molecule has 24 heavy (non-hydrogen) atoms. The van der Waals surface area contributed by atoms with E-state index in [4.69, 9.17) is 15.9 Å². The molecule has 0 amide bonds. The Morgan fingerprint density at radius 3 is 2.96 bits per heavy atom. The zero-order valence-electron chi connectivity index (χ0n) is 14.4. The summed E-state index contributed by atoms with van der Waals surface area (Å²) in [5.74, 6) is 2.58. The number of aliphatic hydroxyl groups is 1. The van der Waals surface area contributed by atoms with Crippen molar-refractivity contribution in [2.45, 2.75) is 51.2 Å². The van der Waals surface area contributed by atoms with Gasteiger partial charge in [-0.15, -0.1) is 5.10 Å². The van der Waals surface area contributed by atoms with E-state index >= 15 is 0 Å². The number of ether oxygens (including phenoxy) is 1. The third-order valence-corrected chi connectivity index (χ3v) is 4.45. The topological polar surface area (TPSA) is 135 Å². The SMILES string of the molecule is C[C-](CC(CC(N)=NC=N)c1nnnn1C)C1OC(CO)CC1C. The van der Waals surface area contributed by atoms with E-state index in [0.29, 0.717) is 24.6 Å². The number of nitrogens with one attached hydrogen (secondary N) is 1. The van der Waals surface area contributed by atoms with Crippen LogP contribution in [0, 0.1) is 17.2 Å². The Kier molecular flexibility index (Phi) is 6.38. The van der Waals surface area contributed by atoms with E-state index in [2.05, 4.69) is 34.4 Å². The molecule has 4 N–H and O–H groups in total. The number of nitrogens with two attached hydrogens (primary N) is 1. The van der Waals surface area contributed by atoms with E-state index in [-0.39, 0.29) is 24.7 Å². The summed E-state index contributed by atoms with van der Waals surface area (Å²) in [7, 11) is 1.79. The van der Waals surface area contributed by atoms with Crippen molar-refractivity contribution >= 4 is 12.2 Å². The Bertz CT molecular complexity index is 574. The minimum absolute atomic E-state index is 0.00624. The van der Waals surface area contributed by atoms with Crippen LogP contribution in [-0.2, 0) is 11.8 Å². The molecule has 1 aromatic rings. The maximum absolute atomic E-state index is 9.31. The predicted molar refractivity (Wildman–Crippen MR) is 89.6 cm³/mol. The first-order valence-electron chi connectivity index (χ1n) is 8.08. The van der Waals surface area contributed by atoms with Crippen molar-refractivity contribution in [1.29, 1.82) is 5.41 Å². The average molecular weight is 336 g/mol. The lowest BCUT2D eigenvalue weighted by atomic mass is 9.84. The molecule has 1 fully saturated rings. The molecule has 0 radical (unpaired) electrons. The van der Waals surface area contributed by atoms with Crippen LogP contribution < -0.4 is 5.73 Å². The highest BCUT2D eigenvalue weighted by Gasteiger charge is 2.30. The van der Waals surface area contributed by atoms with Gasteiger partial charge in [-0.25, -0.2) is 9.67 Å². The molecular formula is C15H26N7O2-. The molecule has 1 aliphatic rings. The quantitative estimate of drug-likeness (QED) is 0.357. The molecule has 1 aromatic heterocycles. The highest BCUT2D eigenvalue weighted by atomic mass is 16.5. The van der Waals surface area contributed by atoms with Crippen molar-refractivity contribution in [3.05, 3.63) is 11.7 Å². The molecule has 0 bridgehead atoms. The van der Waals surface area contributed by atoms with Crippen LogP contribution in [0.15, 0.2) is 4.99 Å². The average Bonchev–Trinajstić information content (AvgIpc) is 3.12. The van der Waals surface area contributed by atoms with E-state index in [1.807, 2.05) is 0 Å². The van der Waals surface area contributed by atoms with Gasteiger partial charge in [-0.1, -0.05) is 13.0 Å². The lowest BCUT2D eigenvalue weighted by Gasteiger charge is -2.38. The standard InChI is InChI=1S/C15H26N7O2/c1-9(14-10(2)5-12(7-23)24-14)4-11(6-13(17)18-8-16)15-19-20-21-22(15)3/h8,10-12,14,23H,4-7H2,1-3H3,(H3,16,17,18)/q-1. The highest BCUT2D eigenvalue weighted by molar-refractivity contribution is 5.87. The van der Waals surface area contributed by atoms with Crippen LogP contribution in [0.2, 0.25) is 0 Å². The molecule has 2 rings (SSSR count). The fourth-order valence-electron chi connectivity index (χ4n) is 3.38. The van der Waals surface area contributed by atoms with Crippen molar-refractivity contribution in [1.82, 2.24) is 20.2 Å². The molecule has 9 nitrogen and oxygen atoms in total. The molecule has 134 valence electrons. The molecule has 2 heterocycles. The van der Waals surface area contributed by atoms with Crippen LogP contribution in [0.3, 0.4) is 0 Å². The first kappa shape index (κ1) is 18.5. The first-order chi connectivity index (χ1) is 11.5. The van der Waals surface area contributed by atoms with Gasteiger partial charge in [0.25, 0.3) is 0 Å². The minimum Gasteiger partial charge on any atom is -0.404 e. The number of aliphatic hydroxyl groups excluding tert-OH is 1. The summed E-state index contributed by atoms with van der Waals surface area (Å²) in [6.45, 7) is 4.24. The number of amidine groups is 1. The molecule has 1 aliphatic heterocycles. The van der Waals surface area contributed by atoms with Crippen LogP contribution in [0.5, 0.6) is 0 Å². The number of rotatable bonds is 8. The zero-order chi connectivity index (χ0) is 17.7. The second-order valence-corrected chi connectivity index (χ2v) is 6.44. The van der Waals surface area contributed by atoms with E-state index in [9.17, 15) is 5.11 Å². The molecule has 9 heteroatoms. The molecule has 4 unspecified atom stereocenters. The summed E-state index contributed by atoms with van der Waals surface area (Å²) in [6.07, 6.45) is 2.87. The Hall–Kier alpha value is -1.87. The lowest BCUT2D eigenvalue weighted by Crippen LogP contribution is -2.26. The van der Waals surface area contributed by atoms with Gasteiger partial charge in [-0.3, -0.25) is 11.3 Å². The Labute approximate surface area is 141 Å². The van der Waals surface area contributed by atoms with Gasteiger partial charge in [0.15, 0.2) is 5.82 Å². The summed E-state index contributed by atoms with van der Waals surface area (Å²) >= 11 is 0. The van der Waals surface area contributed by atoms with Gasteiger partial charge in [0, 0.05) is 19.4 Å². The summed E-state index contributed by atoms with van der Waals surface area (Å²) in [5, 5.41) is 28.1. The fourth-order valence-corrected chi connectivity index (χ4v) is 3.38. The van der Waals surface area contributed by atoms with Gasteiger partial charge in [0.1, 0.15) is 12.2 Å². The zero-order valence-corrected chi connectivity index (χ0v) is 14.4. The van der Waals surface area contributed by atoms with Crippen molar-refractivity contribution < 1.29 is 9.84 Å². The van der Waals surface area contributed by atoms with Crippen molar-refractivity contribution in [3.63, 3.8) is 0 Å². The van der Waals surface area contributed by atoms with E-state index in [1.165, 1.54) is 5.92 Å². The second-order valence-electron chi connectivity index (χ2n) is 6.44. The molecule has 1 saturated heterocycles. The van der Waals surface area contributed by atoms with Crippen LogP contribution in [0.1, 0.15) is 44.9 Å². The predicted octanol–water partition coefficient (Wildman–Crippen LogP) is 0.418. The van der Waals surface area contributed by atoms with Crippen molar-refractivity contribution in [2.75, 3.05) is 6.61 Å². The third kappa shape index (κ3) is 4.35. The molecule has 0 aliphatic carbocycles. The van der Waals surface area contributed by atoms with Gasteiger partial charge in [-0.05, 0) is 22.8 Å². The summed E-state index contributed by atoms with van der Waals surface area (Å²) < 4.78 is 7.57. The van der Waals surface area contributed by atoms with Gasteiger partial charge < -0.3 is 15.6 Å². The van der Waals surface area contributed by atoms with Crippen molar-refractivity contribution in [3.8, 4) is 0 Å². The minimum atomic E-state index is -0.0977. The number of hydrogen-bond donors (Lipinski definition) is 3. The lowest BCUT2D eigenvalue weighted by molar-refractivity contribution is 0.0109. The van der Waals surface area contributed by atoms with E-state index < -0.39 is 0 Å². The van der Waals surface area contributed by atoms with Crippen LogP contribution in [-0.4, -0.2) is 56.3 Å². The molecule has 0 saturated carbocycles. The number of nitrogens with zero attached hydrogens (tertiary/aromatic N) is 5. The van der Waals surface area contributed by atoms with Gasteiger partial charge in [0.2, 0.25) is 0 Å². The second kappa shape index (κ2) is 8.29. The highest BCUT2D eigenvalue weighted by Crippen LogP contribution is 2.37. The smallest absolute Gasteiger partial charge is 0.151 e. The van der Waals surface area contributed by atoms with Crippen molar-refractivity contribution in [2.24, 2.45) is 23.7 Å². The first-order valence-corrected chi connectivity index (χ1v) is 8.08. The maximum Gasteiger partial charge on any atom is 0.151 e. The number of aliphatic imine (C=N–C) groups is 1. The van der Waals surface area contributed by atoms with Crippen LogP contribution in [0.4, 0.5) is 0 Å². The van der Waals surface area contributed by atoms with Crippen LogP contribution in [0.25, 0.3) is 0 Å². The molecular weight excluding hydrogens is 310 g/mol. The normalized spacial score (nSPS) is 26.0. The van der Waals surface area contributed by atoms with Gasteiger partial charge >= 0.3 is 0 Å². The van der Waals surface area contributed by atoms with Gasteiger partial charge in [0.05, 0.1) is 12.7 Å². The summed E-state index contributed by atoms with van der Waals surface area (Å²) in [4.78, 5) is 3.83. The Morgan fingerprint density at radius 1 is 1.67 bits per heavy atom. The number of tetrazole rings is 1. The Balaban J connectivity index is 2.11. The summed E-state index contributed by atoms with van der Waals surface area (Å²) in [5.41, 5.74) is 5.89. The number of aromatic nitrogens is 4. The monoisotopic (exact) mass is 336 g/mol. The Morgan fingerprint density at radius 2 is 2.42 bits per heavy atom. The largest absolute Gasteiger partial charge is 0.404 e. The number of aryl methyl sites for hydroxylation is 1. The van der Waals surface area contributed by atoms with Gasteiger partial charge in [-0.2, -0.15) is 13.3 Å². The van der Waals surface area contributed by atoms with E-state index in [1.54, 1.807) is 11.7 Å². The number of hydrogen-bond acceptors (Lipinski definition) is 6. The van der Waals surface area contributed by atoms with E-state index in [0.717, 1.165) is 18.6 Å². The third-order valence-electron chi connectivity index (χ3n) is 4.45. The molecule has 0 aromatic carbocycles.